The van der Waals surface area contributed by atoms with Crippen molar-refractivity contribution >= 4 is 22.5 Å². The van der Waals surface area contributed by atoms with E-state index in [2.05, 4.69) is 52.0 Å². The molecule has 0 spiro atoms. The molecular weight excluding hydrogens is 330 g/mol. The maximum Gasteiger partial charge on any atom is 0.321 e. The van der Waals surface area contributed by atoms with Crippen LogP contribution in [-0.4, -0.2) is 16.6 Å². The molecule has 2 aromatic carbocycles. The molecule has 2 amide bonds. The molecule has 1 aromatic heterocycles. The molecule has 0 saturated carbocycles. The number of nitrogens with one attached hydrogen (secondary N) is 2. The molecule has 0 saturated heterocycles. The maximum absolute atomic E-state index is 11.9. The fraction of sp³-hybridized carbons (Fsp3) is 0.200. The second-order valence-corrected chi connectivity index (χ2v) is 7.67. The van der Waals surface area contributed by atoms with Crippen molar-refractivity contribution in [3.63, 3.8) is 0 Å². The van der Waals surface area contributed by atoms with Crippen molar-refractivity contribution in [3.05, 3.63) is 60.0 Å². The fourth-order valence-electron chi connectivity index (χ4n) is 2.40. The van der Waals surface area contributed by atoms with Gasteiger partial charge in [-0.3, -0.25) is 5.32 Å². The lowest BCUT2D eigenvalue weighted by Crippen LogP contribution is -2.43. The third-order valence-electron chi connectivity index (χ3n) is 3.50. The van der Waals surface area contributed by atoms with Crippen molar-refractivity contribution in [2.75, 3.05) is 5.32 Å². The summed E-state index contributed by atoms with van der Waals surface area (Å²) in [7, 11) is 0. The predicted molar refractivity (Wildman–Crippen MR) is 105 cm³/mol. The quantitative estimate of drug-likeness (QED) is 0.664. The Balaban J connectivity index is 1.71. The lowest BCUT2D eigenvalue weighted by molar-refractivity contribution is 0.244. The van der Waals surface area contributed by atoms with Crippen LogP contribution in [-0.2, 0) is 0 Å². The zero-order chi connectivity index (χ0) is 17.9. The predicted octanol–water partition coefficient (Wildman–Crippen LogP) is 5.40. The van der Waals surface area contributed by atoms with Crippen LogP contribution in [0.4, 0.5) is 9.93 Å². The van der Waals surface area contributed by atoms with Crippen LogP contribution in [0.15, 0.2) is 60.0 Å². The Morgan fingerprint density at radius 2 is 1.52 bits per heavy atom. The van der Waals surface area contributed by atoms with E-state index in [0.717, 1.165) is 11.3 Å². The van der Waals surface area contributed by atoms with E-state index >= 15 is 0 Å². The highest BCUT2D eigenvalue weighted by Crippen LogP contribution is 2.27. The van der Waals surface area contributed by atoms with Crippen LogP contribution in [0.2, 0.25) is 0 Å². The Bertz CT molecular complexity index is 849. The molecule has 25 heavy (non-hydrogen) atoms. The number of hydrogen-bond donors (Lipinski definition) is 2. The van der Waals surface area contributed by atoms with Gasteiger partial charge >= 0.3 is 6.03 Å². The zero-order valence-corrected chi connectivity index (χ0v) is 15.4. The first kappa shape index (κ1) is 17.2. The largest absolute Gasteiger partial charge is 0.333 e. The van der Waals surface area contributed by atoms with E-state index < -0.39 is 0 Å². The van der Waals surface area contributed by atoms with E-state index in [9.17, 15) is 4.79 Å². The minimum Gasteiger partial charge on any atom is -0.333 e. The standard InChI is InChI=1S/C20H21N3OS/c1-20(2,3)23-18(24)22-19-21-17(13-25-19)16-11-9-15(10-12-16)14-7-5-4-6-8-14/h4-13H,1-3H3,(H2,21,22,23,24). The van der Waals surface area contributed by atoms with Gasteiger partial charge in [0.15, 0.2) is 5.13 Å². The van der Waals surface area contributed by atoms with Crippen molar-refractivity contribution in [3.8, 4) is 22.4 Å². The third-order valence-corrected chi connectivity index (χ3v) is 4.26. The van der Waals surface area contributed by atoms with Crippen LogP contribution >= 0.6 is 11.3 Å². The lowest BCUT2D eigenvalue weighted by atomic mass is 10.0. The number of rotatable bonds is 3. The Kier molecular flexibility index (Phi) is 4.86. The van der Waals surface area contributed by atoms with Crippen LogP contribution in [0.25, 0.3) is 22.4 Å². The monoisotopic (exact) mass is 351 g/mol. The Morgan fingerprint density at radius 1 is 0.920 bits per heavy atom. The zero-order valence-electron chi connectivity index (χ0n) is 14.5. The summed E-state index contributed by atoms with van der Waals surface area (Å²) in [5.41, 5.74) is 3.96. The van der Waals surface area contributed by atoms with Gasteiger partial charge in [-0.15, -0.1) is 11.3 Å². The number of carbonyl (C=O) groups excluding carboxylic acids is 1. The number of nitrogens with zero attached hydrogens (tertiary/aromatic N) is 1. The molecule has 3 rings (SSSR count). The van der Waals surface area contributed by atoms with Crippen LogP contribution in [0.1, 0.15) is 20.8 Å². The van der Waals surface area contributed by atoms with Crippen LogP contribution in [0.5, 0.6) is 0 Å². The van der Waals surface area contributed by atoms with Gasteiger partial charge in [0, 0.05) is 16.5 Å². The normalized spacial score (nSPS) is 11.2. The number of aromatic nitrogens is 1. The molecular formula is C20H21N3OS. The van der Waals surface area contributed by atoms with Gasteiger partial charge in [-0.2, -0.15) is 0 Å². The molecule has 0 radical (unpaired) electrons. The van der Waals surface area contributed by atoms with Gasteiger partial charge in [0.1, 0.15) is 0 Å². The summed E-state index contributed by atoms with van der Waals surface area (Å²) in [6.07, 6.45) is 0. The average molecular weight is 351 g/mol. The topological polar surface area (TPSA) is 54.0 Å². The van der Waals surface area contributed by atoms with Crippen molar-refractivity contribution in [1.29, 1.82) is 0 Å². The van der Waals surface area contributed by atoms with Gasteiger partial charge in [-0.25, -0.2) is 9.78 Å². The molecule has 0 aliphatic heterocycles. The molecule has 0 aliphatic carbocycles. The van der Waals surface area contributed by atoms with E-state index in [4.69, 9.17) is 0 Å². The number of thiazole rings is 1. The minimum absolute atomic E-state index is 0.243. The smallest absolute Gasteiger partial charge is 0.321 e. The fourth-order valence-corrected chi connectivity index (χ4v) is 3.11. The van der Waals surface area contributed by atoms with Gasteiger partial charge in [0.05, 0.1) is 5.69 Å². The van der Waals surface area contributed by atoms with Crippen molar-refractivity contribution < 1.29 is 4.79 Å². The summed E-state index contributed by atoms with van der Waals surface area (Å²) in [6, 6.07) is 18.3. The van der Waals surface area contributed by atoms with Gasteiger partial charge in [0.25, 0.3) is 0 Å². The number of hydrogen-bond acceptors (Lipinski definition) is 3. The molecule has 0 bridgehead atoms. The molecule has 4 nitrogen and oxygen atoms in total. The summed E-state index contributed by atoms with van der Waals surface area (Å²) in [6.45, 7) is 5.82. The number of urea groups is 1. The summed E-state index contributed by atoms with van der Waals surface area (Å²) >= 11 is 1.42. The molecule has 2 N–H and O–H groups in total. The summed E-state index contributed by atoms with van der Waals surface area (Å²) in [4.78, 5) is 16.4. The summed E-state index contributed by atoms with van der Waals surface area (Å²) in [5, 5.41) is 8.18. The average Bonchev–Trinajstić information content (AvgIpc) is 3.02. The van der Waals surface area contributed by atoms with Crippen LogP contribution in [0, 0.1) is 0 Å². The van der Waals surface area contributed by atoms with Crippen LogP contribution < -0.4 is 10.6 Å². The molecule has 0 fully saturated rings. The van der Waals surface area contributed by atoms with Crippen LogP contribution in [0.3, 0.4) is 0 Å². The van der Waals surface area contributed by atoms with E-state index in [0.29, 0.717) is 5.13 Å². The SMILES string of the molecule is CC(C)(C)NC(=O)Nc1nc(-c2ccc(-c3ccccc3)cc2)cs1. The highest BCUT2D eigenvalue weighted by atomic mass is 32.1. The van der Waals surface area contributed by atoms with Crippen molar-refractivity contribution in [1.82, 2.24) is 10.3 Å². The Morgan fingerprint density at radius 3 is 2.16 bits per heavy atom. The summed E-state index contributed by atoms with van der Waals surface area (Å²) in [5.74, 6) is 0. The summed E-state index contributed by atoms with van der Waals surface area (Å²) < 4.78 is 0. The highest BCUT2D eigenvalue weighted by Gasteiger charge is 2.15. The lowest BCUT2D eigenvalue weighted by Gasteiger charge is -2.20. The molecule has 3 aromatic rings. The molecule has 128 valence electrons. The van der Waals surface area contributed by atoms with Gasteiger partial charge < -0.3 is 5.32 Å². The minimum atomic E-state index is -0.280. The number of benzene rings is 2. The molecule has 0 aliphatic rings. The van der Waals surface area contributed by atoms with Gasteiger partial charge in [-0.1, -0.05) is 54.6 Å². The molecule has 5 heteroatoms. The Labute approximate surface area is 151 Å². The van der Waals surface area contributed by atoms with Gasteiger partial charge in [0.2, 0.25) is 0 Å². The Hall–Kier alpha value is -2.66. The van der Waals surface area contributed by atoms with E-state index in [1.54, 1.807) is 0 Å². The molecule has 0 atom stereocenters. The highest BCUT2D eigenvalue weighted by molar-refractivity contribution is 7.14. The van der Waals surface area contributed by atoms with Crippen molar-refractivity contribution in [2.24, 2.45) is 0 Å². The van der Waals surface area contributed by atoms with Crippen molar-refractivity contribution in [2.45, 2.75) is 26.3 Å². The number of carbonyl (C=O) groups is 1. The third kappa shape index (κ3) is 4.67. The molecule has 1 heterocycles. The van der Waals surface area contributed by atoms with E-state index in [1.807, 2.05) is 44.4 Å². The van der Waals surface area contributed by atoms with E-state index in [1.165, 1.54) is 22.5 Å². The maximum atomic E-state index is 11.9. The first-order chi connectivity index (χ1) is 11.9. The second-order valence-electron chi connectivity index (χ2n) is 6.81. The first-order valence-corrected chi connectivity index (χ1v) is 8.99. The number of amides is 2. The van der Waals surface area contributed by atoms with Gasteiger partial charge in [-0.05, 0) is 31.9 Å². The first-order valence-electron chi connectivity index (χ1n) is 8.11. The molecule has 0 unspecified atom stereocenters. The number of anilines is 1. The second kappa shape index (κ2) is 7.07. The van der Waals surface area contributed by atoms with E-state index in [-0.39, 0.29) is 11.6 Å².